The van der Waals surface area contributed by atoms with Gasteiger partial charge < -0.3 is 20.9 Å². The molecule has 66 valence electrons. The summed E-state index contributed by atoms with van der Waals surface area (Å²) in [6, 6.07) is 0. The van der Waals surface area contributed by atoms with Crippen molar-refractivity contribution in [3.63, 3.8) is 0 Å². The van der Waals surface area contributed by atoms with Crippen LogP contribution < -0.4 is 0 Å². The van der Waals surface area contributed by atoms with E-state index in [-0.39, 0.29) is 67.3 Å². The van der Waals surface area contributed by atoms with Crippen LogP contribution in [0.2, 0.25) is 0 Å². The van der Waals surface area contributed by atoms with E-state index in [9.17, 15) is 9.59 Å². The molecule has 11 heavy (non-hydrogen) atoms. The fourth-order valence-corrected chi connectivity index (χ4v) is 0.283. The van der Waals surface area contributed by atoms with E-state index in [2.05, 4.69) is 0 Å². The SMILES string of the molecule is CC(=O)CCC(=O)O.O.O.[CaH2]. The molecular formula is C5H14CaO5. The van der Waals surface area contributed by atoms with Crippen molar-refractivity contribution in [3.05, 3.63) is 0 Å². The van der Waals surface area contributed by atoms with E-state index in [0.717, 1.165) is 0 Å². The molecule has 0 spiro atoms. The quantitative estimate of drug-likeness (QED) is 0.517. The second-order valence-corrected chi connectivity index (χ2v) is 1.60. The van der Waals surface area contributed by atoms with Gasteiger partial charge in [-0.2, -0.15) is 0 Å². The van der Waals surface area contributed by atoms with Gasteiger partial charge in [0.25, 0.3) is 0 Å². The third kappa shape index (κ3) is 25.2. The van der Waals surface area contributed by atoms with Crippen molar-refractivity contribution in [2.24, 2.45) is 0 Å². The van der Waals surface area contributed by atoms with Gasteiger partial charge in [-0.15, -0.1) is 0 Å². The zero-order valence-corrected chi connectivity index (χ0v) is 5.68. The maximum atomic E-state index is 10.1. The molecule has 0 saturated heterocycles. The molecule has 0 saturated carbocycles. The first-order valence-electron chi connectivity index (χ1n) is 2.34. The van der Waals surface area contributed by atoms with Gasteiger partial charge in [0.05, 0.1) is 6.42 Å². The summed E-state index contributed by atoms with van der Waals surface area (Å²) in [5, 5.41) is 8.01. The van der Waals surface area contributed by atoms with Crippen LogP contribution in [0.1, 0.15) is 19.8 Å². The third-order valence-corrected chi connectivity index (χ3v) is 0.691. The number of carbonyl (C=O) groups is 2. The van der Waals surface area contributed by atoms with E-state index in [4.69, 9.17) is 5.11 Å². The average molecular weight is 194 g/mol. The van der Waals surface area contributed by atoms with Gasteiger partial charge in [0.2, 0.25) is 0 Å². The Morgan fingerprint density at radius 2 is 1.55 bits per heavy atom. The molecule has 0 aliphatic heterocycles. The van der Waals surface area contributed by atoms with Crippen molar-refractivity contribution in [2.75, 3.05) is 0 Å². The normalized spacial score (nSPS) is 6.27. The van der Waals surface area contributed by atoms with Crippen LogP contribution >= 0.6 is 0 Å². The van der Waals surface area contributed by atoms with Crippen molar-refractivity contribution in [2.45, 2.75) is 19.8 Å². The van der Waals surface area contributed by atoms with Crippen molar-refractivity contribution in [1.82, 2.24) is 0 Å². The molecule has 0 aliphatic rings. The van der Waals surface area contributed by atoms with Gasteiger partial charge in [-0.05, 0) is 6.92 Å². The second-order valence-electron chi connectivity index (χ2n) is 1.60. The molecule has 0 aliphatic carbocycles. The van der Waals surface area contributed by atoms with Crippen LogP contribution in [0.3, 0.4) is 0 Å². The molecule has 0 radical (unpaired) electrons. The summed E-state index contributed by atoms with van der Waals surface area (Å²) in [6.45, 7) is 1.38. The fourth-order valence-electron chi connectivity index (χ4n) is 0.283. The molecule has 5 nitrogen and oxygen atoms in total. The van der Waals surface area contributed by atoms with Crippen LogP contribution in [0.5, 0.6) is 0 Å². The van der Waals surface area contributed by atoms with Gasteiger partial charge in [0.15, 0.2) is 0 Å². The Kier molecular flexibility index (Phi) is 26.5. The first-order valence-corrected chi connectivity index (χ1v) is 2.34. The zero-order valence-electron chi connectivity index (χ0n) is 5.68. The standard InChI is InChI=1S/C5H8O3.Ca.2H2O.2H/c1-4(6)2-3-5(7)8;;;;;/h2-3H2,1H3,(H,7,8);;2*1H2;;. The molecule has 0 aromatic heterocycles. The number of hydrogen-bond acceptors (Lipinski definition) is 2. The molecule has 0 rings (SSSR count). The molecular weight excluding hydrogens is 180 g/mol. The second kappa shape index (κ2) is 12.9. The van der Waals surface area contributed by atoms with Crippen LogP contribution in [0.4, 0.5) is 0 Å². The number of hydrogen-bond donors (Lipinski definition) is 1. The number of rotatable bonds is 3. The minimum absolute atomic E-state index is 0. The van der Waals surface area contributed by atoms with Crippen LogP contribution in [-0.2, 0) is 9.59 Å². The number of Topliss-reactive ketones (excluding diaryl/α,β-unsaturated/α-hetero) is 1. The Morgan fingerprint density at radius 3 is 1.64 bits per heavy atom. The number of carboxylic acids is 1. The topological polar surface area (TPSA) is 117 Å². The van der Waals surface area contributed by atoms with Gasteiger partial charge >= 0.3 is 43.7 Å². The van der Waals surface area contributed by atoms with E-state index in [1.807, 2.05) is 0 Å². The molecule has 0 aromatic carbocycles. The number of ketones is 1. The molecule has 0 bridgehead atoms. The van der Waals surface area contributed by atoms with Crippen LogP contribution in [0.15, 0.2) is 0 Å². The van der Waals surface area contributed by atoms with E-state index in [1.165, 1.54) is 6.92 Å². The maximum absolute atomic E-state index is 10.1. The molecule has 0 aromatic rings. The molecule has 6 heteroatoms. The van der Waals surface area contributed by atoms with E-state index in [0.29, 0.717) is 0 Å². The molecule has 0 unspecified atom stereocenters. The molecule has 0 heterocycles. The van der Waals surface area contributed by atoms with Crippen LogP contribution in [-0.4, -0.2) is 65.5 Å². The van der Waals surface area contributed by atoms with Gasteiger partial charge in [-0.3, -0.25) is 4.79 Å². The first-order chi connectivity index (χ1) is 3.63. The molecule has 5 N–H and O–H groups in total. The van der Waals surface area contributed by atoms with Crippen molar-refractivity contribution >= 4 is 49.5 Å². The number of aliphatic carboxylic acids is 1. The van der Waals surface area contributed by atoms with Crippen LogP contribution in [0, 0.1) is 0 Å². The van der Waals surface area contributed by atoms with Crippen LogP contribution in [0.25, 0.3) is 0 Å². The zero-order chi connectivity index (χ0) is 6.57. The Labute approximate surface area is 94.4 Å². The first kappa shape index (κ1) is 22.5. The van der Waals surface area contributed by atoms with E-state index < -0.39 is 5.97 Å². The van der Waals surface area contributed by atoms with E-state index in [1.54, 1.807) is 0 Å². The Bertz CT molecular complexity index is 99.4. The summed E-state index contributed by atoms with van der Waals surface area (Å²) in [5.41, 5.74) is 0. The minimum atomic E-state index is -0.916. The van der Waals surface area contributed by atoms with Gasteiger partial charge in [0, 0.05) is 6.42 Å². The Hall–Kier alpha value is 0.320. The Balaban J connectivity index is -0.0000000817. The number of carboxylic acid groups (broad SMARTS) is 1. The van der Waals surface area contributed by atoms with Crippen molar-refractivity contribution in [3.8, 4) is 0 Å². The molecule has 0 atom stereocenters. The fraction of sp³-hybridized carbons (Fsp3) is 0.600. The molecule has 0 amide bonds. The van der Waals surface area contributed by atoms with Crippen molar-refractivity contribution in [1.29, 1.82) is 0 Å². The Morgan fingerprint density at radius 1 is 1.18 bits per heavy atom. The van der Waals surface area contributed by atoms with Crippen molar-refractivity contribution < 1.29 is 25.6 Å². The number of carbonyl (C=O) groups excluding carboxylic acids is 1. The third-order valence-electron chi connectivity index (χ3n) is 0.691. The summed E-state index contributed by atoms with van der Waals surface area (Å²) >= 11 is 0. The average Bonchev–Trinajstić information content (AvgIpc) is 1.61. The summed E-state index contributed by atoms with van der Waals surface area (Å²) in [7, 11) is 0. The van der Waals surface area contributed by atoms with Gasteiger partial charge in [-0.1, -0.05) is 0 Å². The monoisotopic (exact) mass is 194 g/mol. The van der Waals surface area contributed by atoms with Gasteiger partial charge in [-0.25, -0.2) is 0 Å². The summed E-state index contributed by atoms with van der Waals surface area (Å²) < 4.78 is 0. The molecule has 0 fully saturated rings. The predicted molar refractivity (Wildman–Crippen MR) is 43.3 cm³/mol. The van der Waals surface area contributed by atoms with E-state index >= 15 is 0 Å². The predicted octanol–water partition coefficient (Wildman–Crippen LogP) is -2.13. The summed E-state index contributed by atoms with van der Waals surface area (Å²) in [5.74, 6) is -0.993. The summed E-state index contributed by atoms with van der Waals surface area (Å²) in [6.07, 6.45) is 0.102. The van der Waals surface area contributed by atoms with Gasteiger partial charge in [0.1, 0.15) is 5.78 Å². The summed E-state index contributed by atoms with van der Waals surface area (Å²) in [4.78, 5) is 19.8.